The van der Waals surface area contributed by atoms with Crippen LogP contribution in [0.3, 0.4) is 0 Å². The van der Waals surface area contributed by atoms with Crippen molar-refractivity contribution in [3.05, 3.63) is 29.8 Å². The third-order valence-electron chi connectivity index (χ3n) is 2.69. The lowest BCUT2D eigenvalue weighted by Crippen LogP contribution is -2.37. The predicted molar refractivity (Wildman–Crippen MR) is 74.0 cm³/mol. The van der Waals surface area contributed by atoms with Gasteiger partial charge in [-0.15, -0.1) is 0 Å². The second-order valence-electron chi connectivity index (χ2n) is 4.40. The maximum atomic E-state index is 11.7. The zero-order chi connectivity index (χ0) is 14.3. The summed E-state index contributed by atoms with van der Waals surface area (Å²) in [5, 5.41) is 2.72. The summed E-state index contributed by atoms with van der Waals surface area (Å²) >= 11 is 0. The van der Waals surface area contributed by atoms with Crippen LogP contribution in [0, 0.1) is 0 Å². The van der Waals surface area contributed by atoms with E-state index < -0.39 is 6.10 Å². The van der Waals surface area contributed by atoms with E-state index in [9.17, 15) is 4.79 Å². The molecular formula is C14H22N2O3. The van der Waals surface area contributed by atoms with E-state index in [1.165, 1.54) is 0 Å². The van der Waals surface area contributed by atoms with Crippen molar-refractivity contribution in [1.29, 1.82) is 0 Å². The van der Waals surface area contributed by atoms with Gasteiger partial charge in [0.05, 0.1) is 6.61 Å². The van der Waals surface area contributed by atoms with Crippen molar-refractivity contribution in [3.8, 4) is 5.75 Å². The van der Waals surface area contributed by atoms with Gasteiger partial charge in [-0.3, -0.25) is 4.79 Å². The molecule has 0 aliphatic heterocycles. The largest absolute Gasteiger partial charge is 0.481 e. The number of hydrogen-bond donors (Lipinski definition) is 2. The molecule has 0 heterocycles. The average Bonchev–Trinajstić information content (AvgIpc) is 2.39. The summed E-state index contributed by atoms with van der Waals surface area (Å²) in [6.07, 6.45) is -0.544. The molecule has 1 rings (SSSR count). The zero-order valence-corrected chi connectivity index (χ0v) is 11.7. The quantitative estimate of drug-likeness (QED) is 0.728. The number of carbonyl (C=O) groups is 1. The summed E-state index contributed by atoms with van der Waals surface area (Å²) in [4.78, 5) is 11.7. The van der Waals surface area contributed by atoms with Gasteiger partial charge in [0.15, 0.2) is 6.10 Å². The smallest absolute Gasteiger partial charge is 0.260 e. The monoisotopic (exact) mass is 266 g/mol. The molecule has 106 valence electrons. The van der Waals surface area contributed by atoms with E-state index >= 15 is 0 Å². The van der Waals surface area contributed by atoms with Crippen molar-refractivity contribution in [2.75, 3.05) is 20.3 Å². The maximum Gasteiger partial charge on any atom is 0.260 e. The summed E-state index contributed by atoms with van der Waals surface area (Å²) in [5.74, 6) is 0.493. The number of ether oxygens (including phenoxy) is 2. The topological polar surface area (TPSA) is 73.6 Å². The third-order valence-corrected chi connectivity index (χ3v) is 2.69. The Morgan fingerprint density at radius 2 is 1.95 bits per heavy atom. The Hall–Kier alpha value is -1.59. The van der Waals surface area contributed by atoms with Crippen LogP contribution in [0.4, 0.5) is 0 Å². The molecule has 1 unspecified atom stereocenters. The van der Waals surface area contributed by atoms with Gasteiger partial charge in [-0.2, -0.15) is 0 Å². The zero-order valence-electron chi connectivity index (χ0n) is 11.7. The molecule has 0 aromatic heterocycles. The molecule has 0 saturated carbocycles. The van der Waals surface area contributed by atoms with Gasteiger partial charge in [-0.25, -0.2) is 0 Å². The van der Waals surface area contributed by atoms with E-state index in [2.05, 4.69) is 5.32 Å². The van der Waals surface area contributed by atoms with Gasteiger partial charge in [0, 0.05) is 19.7 Å². The molecule has 1 aromatic carbocycles. The van der Waals surface area contributed by atoms with Crippen LogP contribution in [0.1, 0.15) is 25.5 Å². The standard InChI is InChI=1S/C14H22N2O3/c1-10(15)12-4-6-13(7-5-12)19-11(2)14(17)16-8-9-18-3/h4-7,10-11H,8-9,15H2,1-3H3,(H,16,17)/t10-,11?/m0/s1. The molecule has 19 heavy (non-hydrogen) atoms. The lowest BCUT2D eigenvalue weighted by molar-refractivity contribution is -0.127. The highest BCUT2D eigenvalue weighted by Gasteiger charge is 2.13. The minimum atomic E-state index is -0.544. The van der Waals surface area contributed by atoms with E-state index in [1.807, 2.05) is 31.2 Å². The van der Waals surface area contributed by atoms with Gasteiger partial charge in [0.2, 0.25) is 0 Å². The molecule has 0 aliphatic rings. The van der Waals surface area contributed by atoms with E-state index in [0.717, 1.165) is 5.56 Å². The van der Waals surface area contributed by atoms with Crippen LogP contribution >= 0.6 is 0 Å². The molecule has 0 bridgehead atoms. The Kier molecular flexibility index (Phi) is 6.32. The Bertz CT molecular complexity index is 390. The first kappa shape index (κ1) is 15.5. The number of rotatable bonds is 7. The van der Waals surface area contributed by atoms with Gasteiger partial charge in [0.25, 0.3) is 5.91 Å². The van der Waals surface area contributed by atoms with Crippen LogP contribution in [0.2, 0.25) is 0 Å². The Labute approximate surface area is 114 Å². The fraction of sp³-hybridized carbons (Fsp3) is 0.500. The highest BCUT2D eigenvalue weighted by molar-refractivity contribution is 5.80. The Morgan fingerprint density at radius 1 is 1.32 bits per heavy atom. The number of methoxy groups -OCH3 is 1. The van der Waals surface area contributed by atoms with Crippen LogP contribution < -0.4 is 15.8 Å². The molecule has 3 N–H and O–H groups in total. The first-order chi connectivity index (χ1) is 9.04. The Balaban J connectivity index is 2.47. The number of nitrogens with two attached hydrogens (primary N) is 1. The van der Waals surface area contributed by atoms with Gasteiger partial charge in [-0.1, -0.05) is 12.1 Å². The first-order valence-corrected chi connectivity index (χ1v) is 6.33. The minimum absolute atomic E-state index is 0.0104. The van der Waals surface area contributed by atoms with Crippen LogP contribution in [-0.2, 0) is 9.53 Å². The summed E-state index contributed by atoms with van der Waals surface area (Å²) in [5.41, 5.74) is 6.80. The van der Waals surface area contributed by atoms with Crippen molar-refractivity contribution in [3.63, 3.8) is 0 Å². The van der Waals surface area contributed by atoms with Crippen molar-refractivity contribution < 1.29 is 14.3 Å². The van der Waals surface area contributed by atoms with Crippen LogP contribution in [-0.4, -0.2) is 32.3 Å². The molecule has 0 fully saturated rings. The maximum absolute atomic E-state index is 11.7. The van der Waals surface area contributed by atoms with E-state index in [4.69, 9.17) is 15.2 Å². The van der Waals surface area contributed by atoms with Gasteiger partial charge in [0.1, 0.15) is 5.75 Å². The van der Waals surface area contributed by atoms with Gasteiger partial charge < -0.3 is 20.5 Å². The molecule has 0 aliphatic carbocycles. The summed E-state index contributed by atoms with van der Waals surface area (Å²) in [6.45, 7) is 4.59. The van der Waals surface area contributed by atoms with Crippen LogP contribution in [0.25, 0.3) is 0 Å². The van der Waals surface area contributed by atoms with Crippen molar-refractivity contribution in [1.82, 2.24) is 5.32 Å². The molecule has 0 saturated heterocycles. The van der Waals surface area contributed by atoms with Crippen LogP contribution in [0.5, 0.6) is 5.75 Å². The fourth-order valence-electron chi connectivity index (χ4n) is 1.53. The van der Waals surface area contributed by atoms with Crippen molar-refractivity contribution in [2.45, 2.75) is 26.0 Å². The molecule has 0 spiro atoms. The highest BCUT2D eigenvalue weighted by atomic mass is 16.5. The molecule has 1 amide bonds. The second kappa shape index (κ2) is 7.76. The van der Waals surface area contributed by atoms with Crippen molar-refractivity contribution >= 4 is 5.91 Å². The van der Waals surface area contributed by atoms with Crippen molar-refractivity contribution in [2.24, 2.45) is 5.73 Å². The lowest BCUT2D eigenvalue weighted by Gasteiger charge is -2.15. The second-order valence-corrected chi connectivity index (χ2v) is 4.40. The Morgan fingerprint density at radius 3 is 2.47 bits per heavy atom. The fourth-order valence-corrected chi connectivity index (χ4v) is 1.53. The van der Waals surface area contributed by atoms with E-state index in [-0.39, 0.29) is 11.9 Å². The van der Waals surface area contributed by atoms with Crippen LogP contribution in [0.15, 0.2) is 24.3 Å². The third kappa shape index (κ3) is 5.28. The number of nitrogens with one attached hydrogen (secondary N) is 1. The normalized spacial score (nSPS) is 13.7. The molecule has 5 nitrogen and oxygen atoms in total. The van der Waals surface area contributed by atoms with Gasteiger partial charge >= 0.3 is 0 Å². The summed E-state index contributed by atoms with van der Waals surface area (Å²) in [6, 6.07) is 7.42. The number of hydrogen-bond acceptors (Lipinski definition) is 4. The minimum Gasteiger partial charge on any atom is -0.481 e. The lowest BCUT2D eigenvalue weighted by atomic mass is 10.1. The number of benzene rings is 1. The number of amides is 1. The molecular weight excluding hydrogens is 244 g/mol. The average molecular weight is 266 g/mol. The molecule has 1 aromatic rings. The molecule has 2 atom stereocenters. The molecule has 5 heteroatoms. The number of carbonyl (C=O) groups excluding carboxylic acids is 1. The van der Waals surface area contributed by atoms with E-state index in [0.29, 0.717) is 18.9 Å². The highest BCUT2D eigenvalue weighted by Crippen LogP contribution is 2.17. The SMILES string of the molecule is COCCNC(=O)C(C)Oc1ccc([C@H](C)N)cc1. The molecule has 0 radical (unpaired) electrons. The van der Waals surface area contributed by atoms with E-state index in [1.54, 1.807) is 14.0 Å². The summed E-state index contributed by atoms with van der Waals surface area (Å²) in [7, 11) is 1.59. The van der Waals surface area contributed by atoms with Gasteiger partial charge in [-0.05, 0) is 31.5 Å². The predicted octanol–water partition coefficient (Wildman–Crippen LogP) is 1.24. The first-order valence-electron chi connectivity index (χ1n) is 6.33. The summed E-state index contributed by atoms with van der Waals surface area (Å²) < 4.78 is 10.4.